The van der Waals surface area contributed by atoms with Gasteiger partial charge in [0.05, 0.1) is 34.9 Å². The van der Waals surface area contributed by atoms with Crippen LogP contribution in [-0.2, 0) is 11.3 Å². The van der Waals surface area contributed by atoms with Crippen molar-refractivity contribution in [1.82, 2.24) is 5.32 Å². The van der Waals surface area contributed by atoms with E-state index in [0.717, 1.165) is 12.1 Å². The molecule has 1 heterocycles. The first-order chi connectivity index (χ1) is 16.8. The number of furan rings is 1. The van der Waals surface area contributed by atoms with E-state index in [0.29, 0.717) is 11.3 Å². The number of hydrogen-bond donors (Lipinski definition) is 1. The maximum atomic E-state index is 12.6. The number of nitro benzene ring substituents is 1. The number of halogens is 1. The number of benzene rings is 2. The van der Waals surface area contributed by atoms with E-state index in [1.165, 1.54) is 36.6 Å². The van der Waals surface area contributed by atoms with Gasteiger partial charge in [-0.05, 0) is 48.9 Å². The second-order valence-corrected chi connectivity index (χ2v) is 7.29. The minimum atomic E-state index is -0.843. The zero-order chi connectivity index (χ0) is 25.4. The van der Waals surface area contributed by atoms with Gasteiger partial charge in [0, 0.05) is 12.1 Å². The second kappa shape index (κ2) is 11.5. The molecule has 0 bridgehead atoms. The van der Waals surface area contributed by atoms with Gasteiger partial charge in [-0.2, -0.15) is 5.26 Å². The molecule has 3 aromatic rings. The third kappa shape index (κ3) is 6.46. The van der Waals surface area contributed by atoms with Crippen LogP contribution in [-0.4, -0.2) is 23.4 Å². The Labute approximate surface area is 204 Å². The summed E-state index contributed by atoms with van der Waals surface area (Å²) >= 11 is 6.00. The van der Waals surface area contributed by atoms with Crippen LogP contribution in [0.5, 0.6) is 11.5 Å². The molecule has 1 aromatic heterocycles. The van der Waals surface area contributed by atoms with Crippen LogP contribution in [0.15, 0.2) is 64.8 Å². The number of non-ortho nitro benzene ring substituents is 1. The van der Waals surface area contributed by atoms with E-state index in [4.69, 9.17) is 25.5 Å². The lowest BCUT2D eigenvalue weighted by Gasteiger charge is -2.12. The molecule has 0 atom stereocenters. The smallest absolute Gasteiger partial charge is 0.345 e. The van der Waals surface area contributed by atoms with Crippen molar-refractivity contribution >= 4 is 35.2 Å². The zero-order valence-corrected chi connectivity index (χ0v) is 19.1. The molecular formula is C24H18ClN3O7. The molecule has 0 saturated heterocycles. The summed E-state index contributed by atoms with van der Waals surface area (Å²) in [4.78, 5) is 35.2. The summed E-state index contributed by atoms with van der Waals surface area (Å²) in [5, 5.41) is 22.7. The molecule has 0 aliphatic rings. The Kier molecular flexibility index (Phi) is 8.21. The molecular weight excluding hydrogens is 478 g/mol. The lowest BCUT2D eigenvalue weighted by molar-refractivity contribution is -0.384. The van der Waals surface area contributed by atoms with Crippen LogP contribution in [0, 0.1) is 21.4 Å². The van der Waals surface area contributed by atoms with E-state index in [-0.39, 0.29) is 46.5 Å². The molecule has 1 amide bonds. The van der Waals surface area contributed by atoms with E-state index in [9.17, 15) is 25.0 Å². The van der Waals surface area contributed by atoms with Crippen molar-refractivity contribution in [3.05, 3.63) is 92.4 Å². The molecule has 0 saturated carbocycles. The third-order valence-electron chi connectivity index (χ3n) is 4.53. The first-order valence-corrected chi connectivity index (χ1v) is 10.6. The Morgan fingerprint density at radius 2 is 2.03 bits per heavy atom. The van der Waals surface area contributed by atoms with Crippen LogP contribution >= 0.6 is 11.6 Å². The molecule has 0 spiro atoms. The summed E-state index contributed by atoms with van der Waals surface area (Å²) in [6.45, 7) is 2.09. The minimum Gasteiger partial charge on any atom is -0.490 e. The molecule has 0 radical (unpaired) electrons. The van der Waals surface area contributed by atoms with Crippen molar-refractivity contribution in [1.29, 1.82) is 5.26 Å². The molecule has 11 heteroatoms. The third-order valence-corrected chi connectivity index (χ3v) is 4.85. The predicted molar refractivity (Wildman–Crippen MR) is 125 cm³/mol. The fourth-order valence-electron chi connectivity index (χ4n) is 2.90. The molecule has 0 fully saturated rings. The lowest BCUT2D eigenvalue weighted by Crippen LogP contribution is -2.23. The number of esters is 1. The number of amides is 1. The number of carbonyl (C=O) groups excluding carboxylic acids is 2. The molecule has 2 aromatic carbocycles. The van der Waals surface area contributed by atoms with Crippen molar-refractivity contribution in [2.24, 2.45) is 0 Å². The topological polar surface area (TPSA) is 145 Å². The fraction of sp³-hybridized carbons (Fsp3) is 0.125. The van der Waals surface area contributed by atoms with Gasteiger partial charge in [0.1, 0.15) is 17.4 Å². The fourth-order valence-corrected chi connectivity index (χ4v) is 3.15. The summed E-state index contributed by atoms with van der Waals surface area (Å²) in [7, 11) is 0. The average molecular weight is 496 g/mol. The summed E-state index contributed by atoms with van der Waals surface area (Å²) in [6, 6.07) is 13.1. The predicted octanol–water partition coefficient (Wildman–Crippen LogP) is 4.68. The van der Waals surface area contributed by atoms with Crippen LogP contribution in [0.3, 0.4) is 0 Å². The standard InChI is InChI=1S/C24H18ClN3O7/c1-2-33-22-11-15(10-16(13-26)23(29)27-14-18-4-3-9-34-18)5-8-21(22)35-24(30)19-7-6-17(28(31)32)12-20(19)25/h3-12H,2,14H2,1H3,(H,27,29)/b16-10-. The van der Waals surface area contributed by atoms with Gasteiger partial charge >= 0.3 is 5.97 Å². The molecule has 3 rings (SSSR count). The number of ether oxygens (including phenoxy) is 2. The maximum Gasteiger partial charge on any atom is 0.345 e. The highest BCUT2D eigenvalue weighted by Crippen LogP contribution is 2.31. The van der Waals surface area contributed by atoms with Crippen molar-refractivity contribution < 1.29 is 28.4 Å². The number of rotatable bonds is 9. The summed E-state index contributed by atoms with van der Waals surface area (Å²) in [5.41, 5.74) is -0.0319. The van der Waals surface area contributed by atoms with Gasteiger partial charge in [-0.3, -0.25) is 14.9 Å². The molecule has 178 valence electrons. The highest BCUT2D eigenvalue weighted by Gasteiger charge is 2.19. The van der Waals surface area contributed by atoms with Crippen molar-refractivity contribution in [3.8, 4) is 17.6 Å². The average Bonchev–Trinajstić information content (AvgIpc) is 3.36. The van der Waals surface area contributed by atoms with E-state index < -0.39 is 16.8 Å². The molecule has 0 aliphatic heterocycles. The number of nitriles is 1. The van der Waals surface area contributed by atoms with Gasteiger partial charge < -0.3 is 19.2 Å². The Morgan fingerprint density at radius 3 is 2.66 bits per heavy atom. The minimum absolute atomic E-state index is 0.0594. The normalized spacial score (nSPS) is 10.8. The van der Waals surface area contributed by atoms with Gasteiger partial charge in [0.15, 0.2) is 11.5 Å². The Bertz CT molecular complexity index is 1330. The lowest BCUT2D eigenvalue weighted by atomic mass is 10.1. The number of nitro groups is 1. The van der Waals surface area contributed by atoms with Crippen LogP contribution in [0.2, 0.25) is 5.02 Å². The van der Waals surface area contributed by atoms with Crippen molar-refractivity contribution in [2.45, 2.75) is 13.5 Å². The highest BCUT2D eigenvalue weighted by molar-refractivity contribution is 6.33. The van der Waals surface area contributed by atoms with Crippen LogP contribution in [0.4, 0.5) is 5.69 Å². The Balaban J connectivity index is 1.80. The number of nitrogens with zero attached hydrogens (tertiary/aromatic N) is 2. The van der Waals surface area contributed by atoms with E-state index in [1.807, 2.05) is 6.07 Å². The number of nitrogens with one attached hydrogen (secondary N) is 1. The van der Waals surface area contributed by atoms with E-state index >= 15 is 0 Å². The zero-order valence-electron chi connectivity index (χ0n) is 18.3. The maximum absolute atomic E-state index is 12.6. The van der Waals surface area contributed by atoms with E-state index in [2.05, 4.69) is 5.32 Å². The van der Waals surface area contributed by atoms with Crippen molar-refractivity contribution in [2.75, 3.05) is 6.61 Å². The first kappa shape index (κ1) is 25.0. The first-order valence-electron chi connectivity index (χ1n) is 10.2. The number of hydrogen-bond acceptors (Lipinski definition) is 8. The van der Waals surface area contributed by atoms with Crippen LogP contribution in [0.1, 0.15) is 28.6 Å². The van der Waals surface area contributed by atoms with Gasteiger partial charge in [-0.1, -0.05) is 17.7 Å². The molecule has 0 unspecified atom stereocenters. The van der Waals surface area contributed by atoms with Crippen LogP contribution < -0.4 is 14.8 Å². The quantitative estimate of drug-likeness (QED) is 0.112. The molecule has 1 N–H and O–H groups in total. The molecule has 0 aliphatic carbocycles. The summed E-state index contributed by atoms with van der Waals surface area (Å²) < 4.78 is 16.1. The molecule has 35 heavy (non-hydrogen) atoms. The monoisotopic (exact) mass is 495 g/mol. The highest BCUT2D eigenvalue weighted by atomic mass is 35.5. The van der Waals surface area contributed by atoms with Gasteiger partial charge in [-0.25, -0.2) is 4.79 Å². The van der Waals surface area contributed by atoms with Crippen molar-refractivity contribution in [3.63, 3.8) is 0 Å². The number of carbonyl (C=O) groups is 2. The van der Waals surface area contributed by atoms with E-state index in [1.54, 1.807) is 19.1 Å². The molecule has 10 nitrogen and oxygen atoms in total. The second-order valence-electron chi connectivity index (χ2n) is 6.88. The van der Waals surface area contributed by atoms with Gasteiger partial charge in [0.25, 0.3) is 11.6 Å². The Hall–Kier alpha value is -4.62. The van der Waals surface area contributed by atoms with Gasteiger partial charge in [-0.15, -0.1) is 0 Å². The Morgan fingerprint density at radius 1 is 1.23 bits per heavy atom. The largest absolute Gasteiger partial charge is 0.490 e. The van der Waals surface area contributed by atoms with Crippen LogP contribution in [0.25, 0.3) is 6.08 Å². The SMILES string of the molecule is CCOc1cc(/C=C(/C#N)C(=O)NCc2ccco2)ccc1OC(=O)c1ccc([N+](=O)[O-])cc1Cl. The summed E-state index contributed by atoms with van der Waals surface area (Å²) in [5.74, 6) is -0.659. The summed E-state index contributed by atoms with van der Waals surface area (Å²) in [6.07, 6.45) is 2.83. The van der Waals surface area contributed by atoms with Gasteiger partial charge in [0.2, 0.25) is 0 Å².